The van der Waals surface area contributed by atoms with Crippen LogP contribution in [0, 0.1) is 32.1 Å². The molecule has 0 aliphatic carbocycles. The first-order chi connectivity index (χ1) is 16.4. The lowest BCUT2D eigenvalue weighted by molar-refractivity contribution is -0.117. The number of nitrogens with one attached hydrogen (secondary N) is 1. The smallest absolute Gasteiger partial charge is 0.269 e. The Morgan fingerprint density at radius 3 is 2.44 bits per heavy atom. The number of thioether (sulfide) groups is 1. The van der Waals surface area contributed by atoms with E-state index in [1.807, 2.05) is 87.5 Å². The summed E-state index contributed by atoms with van der Waals surface area (Å²) in [4.78, 5) is 28.3. The van der Waals surface area contributed by atoms with E-state index in [4.69, 9.17) is 0 Å². The number of hydrogen-bond donors (Lipinski definition) is 1. The molecule has 34 heavy (non-hydrogen) atoms. The quantitative estimate of drug-likeness (QED) is 0.387. The third-order valence-electron chi connectivity index (χ3n) is 5.79. The van der Waals surface area contributed by atoms with Crippen molar-refractivity contribution < 1.29 is 9.59 Å². The summed E-state index contributed by atoms with van der Waals surface area (Å²) in [5.41, 5.74) is 5.34. The highest BCUT2D eigenvalue weighted by atomic mass is 32.2. The lowest BCUT2D eigenvalue weighted by atomic mass is 10.1. The molecule has 1 heterocycles. The van der Waals surface area contributed by atoms with Crippen molar-refractivity contribution in [3.63, 3.8) is 0 Å². The van der Waals surface area contributed by atoms with Crippen LogP contribution in [0.4, 0.5) is 11.4 Å². The van der Waals surface area contributed by atoms with Gasteiger partial charge >= 0.3 is 0 Å². The Kier molecular flexibility index (Phi) is 6.85. The molecule has 5 nitrogen and oxygen atoms in total. The first kappa shape index (κ1) is 23.3. The van der Waals surface area contributed by atoms with Crippen LogP contribution in [0.3, 0.4) is 0 Å². The van der Waals surface area contributed by atoms with Crippen LogP contribution in [0.25, 0.3) is 0 Å². The Labute approximate surface area is 204 Å². The molecule has 4 rings (SSSR count). The van der Waals surface area contributed by atoms with Crippen molar-refractivity contribution >= 4 is 35.0 Å². The van der Waals surface area contributed by atoms with Crippen LogP contribution < -0.4 is 10.2 Å². The minimum atomic E-state index is -0.530. The van der Waals surface area contributed by atoms with E-state index in [1.54, 1.807) is 6.07 Å². The number of anilines is 2. The molecule has 1 atom stereocenters. The molecule has 3 aromatic carbocycles. The maximum Gasteiger partial charge on any atom is 0.269 e. The van der Waals surface area contributed by atoms with E-state index >= 15 is 0 Å². The molecule has 1 aliphatic heterocycles. The predicted molar refractivity (Wildman–Crippen MR) is 137 cm³/mol. The number of nitriles is 1. The van der Waals surface area contributed by atoms with Crippen molar-refractivity contribution in [2.45, 2.75) is 32.4 Å². The van der Waals surface area contributed by atoms with Crippen LogP contribution in [0.15, 0.2) is 83.4 Å². The van der Waals surface area contributed by atoms with Crippen LogP contribution in [0.2, 0.25) is 0 Å². The number of carbonyl (C=O) groups is 2. The van der Waals surface area contributed by atoms with Crippen LogP contribution >= 0.6 is 11.8 Å². The molecule has 0 spiro atoms. The Balaban J connectivity index is 1.75. The summed E-state index contributed by atoms with van der Waals surface area (Å²) in [6, 6.07) is 24.9. The van der Waals surface area contributed by atoms with E-state index in [0.717, 1.165) is 22.3 Å². The van der Waals surface area contributed by atoms with Crippen molar-refractivity contribution in [1.82, 2.24) is 0 Å². The highest BCUT2D eigenvalue weighted by molar-refractivity contribution is 8.05. The molecular weight excluding hydrogens is 442 g/mol. The molecule has 1 N–H and O–H groups in total. The maximum atomic E-state index is 13.6. The lowest BCUT2D eigenvalue weighted by Crippen LogP contribution is -2.31. The minimum absolute atomic E-state index is 0.0753. The highest BCUT2D eigenvalue weighted by Crippen LogP contribution is 2.42. The number of hydrogen-bond acceptors (Lipinski definition) is 4. The Hall–Kier alpha value is -3.82. The van der Waals surface area contributed by atoms with Gasteiger partial charge in [-0.25, -0.2) is 0 Å². The number of rotatable bonds is 5. The Morgan fingerprint density at radius 2 is 1.76 bits per heavy atom. The predicted octanol–water partition coefficient (Wildman–Crippen LogP) is 5.68. The van der Waals surface area contributed by atoms with E-state index in [0.29, 0.717) is 22.8 Å². The number of nitrogens with zero attached hydrogens (tertiary/aromatic N) is 2. The fraction of sp³-hybridized carbons (Fsp3) is 0.179. The average Bonchev–Trinajstić information content (AvgIpc) is 3.12. The summed E-state index contributed by atoms with van der Waals surface area (Å²) >= 11 is 1.27. The van der Waals surface area contributed by atoms with Gasteiger partial charge < -0.3 is 5.32 Å². The molecular formula is C28H25N3O2S. The first-order valence-electron chi connectivity index (χ1n) is 11.0. The normalized spacial score (nSPS) is 16.8. The van der Waals surface area contributed by atoms with Gasteiger partial charge in [-0.15, -0.1) is 0 Å². The molecule has 1 unspecified atom stereocenters. The van der Waals surface area contributed by atoms with Gasteiger partial charge in [0.1, 0.15) is 16.7 Å². The van der Waals surface area contributed by atoms with Gasteiger partial charge in [-0.2, -0.15) is 5.26 Å². The topological polar surface area (TPSA) is 73.2 Å². The van der Waals surface area contributed by atoms with E-state index in [2.05, 4.69) is 11.4 Å². The van der Waals surface area contributed by atoms with Gasteiger partial charge in [-0.05, 0) is 73.7 Å². The Bertz CT molecular complexity index is 1320. The standard InChI is InChI=1S/C28H25N3O2S/c1-18-8-7-11-22(14-18)30-26(32)24(17-29)28-31(23-13-12-19(2)20(3)15-23)27(33)25(34-28)16-21-9-5-4-6-10-21/h4-15,25H,16H2,1-3H3,(H,30,32)/b28-24-. The molecule has 6 heteroatoms. The first-order valence-corrected chi connectivity index (χ1v) is 11.9. The third-order valence-corrected chi connectivity index (χ3v) is 7.06. The summed E-state index contributed by atoms with van der Waals surface area (Å²) in [7, 11) is 0. The summed E-state index contributed by atoms with van der Waals surface area (Å²) < 4.78 is 0. The zero-order chi connectivity index (χ0) is 24.2. The van der Waals surface area contributed by atoms with Crippen molar-refractivity contribution in [3.05, 3.63) is 106 Å². The maximum absolute atomic E-state index is 13.6. The molecule has 0 bridgehead atoms. The summed E-state index contributed by atoms with van der Waals surface area (Å²) in [5, 5.41) is 12.7. The fourth-order valence-electron chi connectivity index (χ4n) is 3.83. The largest absolute Gasteiger partial charge is 0.321 e. The summed E-state index contributed by atoms with van der Waals surface area (Å²) in [5.74, 6) is -0.666. The summed E-state index contributed by atoms with van der Waals surface area (Å²) in [6.07, 6.45) is 0.507. The molecule has 1 saturated heterocycles. The second kappa shape index (κ2) is 9.98. The molecule has 2 amide bonds. The number of amides is 2. The minimum Gasteiger partial charge on any atom is -0.321 e. The van der Waals surface area contributed by atoms with Crippen molar-refractivity contribution in [2.75, 3.05) is 10.2 Å². The zero-order valence-corrected chi connectivity index (χ0v) is 20.1. The van der Waals surface area contributed by atoms with Crippen LogP contribution in [0.5, 0.6) is 0 Å². The molecule has 1 fully saturated rings. The molecule has 0 saturated carbocycles. The highest BCUT2D eigenvalue weighted by Gasteiger charge is 2.40. The van der Waals surface area contributed by atoms with E-state index in [-0.39, 0.29) is 11.5 Å². The van der Waals surface area contributed by atoms with Crippen LogP contribution in [-0.2, 0) is 16.0 Å². The van der Waals surface area contributed by atoms with Crippen molar-refractivity contribution in [3.8, 4) is 6.07 Å². The third kappa shape index (κ3) is 4.90. The van der Waals surface area contributed by atoms with Crippen molar-refractivity contribution in [2.24, 2.45) is 0 Å². The second-order valence-electron chi connectivity index (χ2n) is 8.35. The van der Waals surface area contributed by atoms with Crippen LogP contribution in [-0.4, -0.2) is 17.1 Å². The van der Waals surface area contributed by atoms with E-state index in [1.165, 1.54) is 16.7 Å². The second-order valence-corrected chi connectivity index (χ2v) is 9.55. The number of carbonyl (C=O) groups excluding carboxylic acids is 2. The molecule has 0 aromatic heterocycles. The average molecular weight is 468 g/mol. The SMILES string of the molecule is Cc1cccc(NC(=O)/C(C#N)=C2\SC(Cc3ccccc3)C(=O)N2c2ccc(C)c(C)c2)c1. The van der Waals surface area contributed by atoms with Crippen LogP contribution in [0.1, 0.15) is 22.3 Å². The number of aryl methyl sites for hydroxylation is 3. The summed E-state index contributed by atoms with van der Waals surface area (Å²) in [6.45, 7) is 5.91. The van der Waals surface area contributed by atoms with Crippen molar-refractivity contribution in [1.29, 1.82) is 5.26 Å². The van der Waals surface area contributed by atoms with Gasteiger partial charge in [-0.1, -0.05) is 60.3 Å². The lowest BCUT2D eigenvalue weighted by Gasteiger charge is -2.20. The molecule has 1 aliphatic rings. The molecule has 170 valence electrons. The van der Waals surface area contributed by atoms with Gasteiger partial charge in [0, 0.05) is 11.4 Å². The monoisotopic (exact) mass is 467 g/mol. The van der Waals surface area contributed by atoms with Gasteiger partial charge in [0.2, 0.25) is 5.91 Å². The Morgan fingerprint density at radius 1 is 1.00 bits per heavy atom. The van der Waals surface area contributed by atoms with Gasteiger partial charge in [0.25, 0.3) is 5.91 Å². The van der Waals surface area contributed by atoms with E-state index in [9.17, 15) is 14.9 Å². The van der Waals surface area contributed by atoms with E-state index < -0.39 is 11.2 Å². The zero-order valence-electron chi connectivity index (χ0n) is 19.3. The fourth-order valence-corrected chi connectivity index (χ4v) is 5.14. The van der Waals surface area contributed by atoms with Gasteiger partial charge in [0.05, 0.1) is 5.25 Å². The molecule has 0 radical (unpaired) electrons. The molecule has 3 aromatic rings. The number of benzene rings is 3. The van der Waals surface area contributed by atoms with Gasteiger partial charge in [-0.3, -0.25) is 14.5 Å². The van der Waals surface area contributed by atoms with Gasteiger partial charge in [0.15, 0.2) is 0 Å².